The van der Waals surface area contributed by atoms with Gasteiger partial charge in [-0.15, -0.1) is 6.58 Å². The van der Waals surface area contributed by atoms with E-state index >= 15 is 0 Å². The summed E-state index contributed by atoms with van der Waals surface area (Å²) in [6.07, 6.45) is 6.07. The van der Waals surface area contributed by atoms with Crippen molar-refractivity contribution in [2.75, 3.05) is 13.1 Å². The molecular formula is C33H30N2O2. The van der Waals surface area contributed by atoms with E-state index in [1.807, 2.05) is 18.3 Å². The van der Waals surface area contributed by atoms with Crippen LogP contribution in [0.5, 0.6) is 11.5 Å². The van der Waals surface area contributed by atoms with Crippen molar-refractivity contribution in [3.63, 3.8) is 0 Å². The highest BCUT2D eigenvalue weighted by Gasteiger charge is 2.44. The predicted octanol–water partition coefficient (Wildman–Crippen LogP) is 7.26. The summed E-state index contributed by atoms with van der Waals surface area (Å²) in [5.41, 5.74) is 1.94. The summed E-state index contributed by atoms with van der Waals surface area (Å²) < 4.78 is 7.15. The molecule has 1 aromatic heterocycles. The van der Waals surface area contributed by atoms with Gasteiger partial charge in [0.15, 0.2) is 0 Å². The van der Waals surface area contributed by atoms with Crippen LogP contribution in [0.3, 0.4) is 0 Å². The zero-order chi connectivity index (χ0) is 24.9. The molecule has 3 aliphatic heterocycles. The van der Waals surface area contributed by atoms with Crippen LogP contribution in [-0.2, 0) is 0 Å². The summed E-state index contributed by atoms with van der Waals surface area (Å²) in [4.78, 5) is 7.18. The Balaban J connectivity index is 1.41. The molecule has 4 aromatic carbocycles. The molecule has 0 spiro atoms. The van der Waals surface area contributed by atoms with Crippen LogP contribution in [0.15, 0.2) is 97.7 Å². The molecule has 0 amide bonds. The van der Waals surface area contributed by atoms with Gasteiger partial charge in [-0.05, 0) is 77.7 Å². The Kier molecular flexibility index (Phi) is 5.37. The molecule has 3 saturated heterocycles. The lowest BCUT2D eigenvalue weighted by molar-refractivity contribution is -0.0352. The van der Waals surface area contributed by atoms with E-state index < -0.39 is 0 Å². The Hall–Kier alpha value is -3.89. The molecule has 37 heavy (non-hydrogen) atoms. The van der Waals surface area contributed by atoms with Crippen molar-refractivity contribution >= 4 is 32.4 Å². The highest BCUT2D eigenvalue weighted by molar-refractivity contribution is 6.10. The quantitative estimate of drug-likeness (QED) is 0.210. The summed E-state index contributed by atoms with van der Waals surface area (Å²) in [5, 5.41) is 16.0. The Morgan fingerprint density at radius 2 is 1.76 bits per heavy atom. The minimum atomic E-state index is -0.203. The zero-order valence-electron chi connectivity index (χ0n) is 20.8. The largest absolute Gasteiger partial charge is 0.508 e. The van der Waals surface area contributed by atoms with Crippen LogP contribution in [0.2, 0.25) is 0 Å². The number of rotatable bonds is 5. The molecule has 0 radical (unpaired) electrons. The Labute approximate surface area is 216 Å². The average Bonchev–Trinajstić information content (AvgIpc) is 2.96. The number of ether oxygens (including phenoxy) is 1. The second-order valence-corrected chi connectivity index (χ2v) is 10.5. The Morgan fingerprint density at radius 1 is 0.946 bits per heavy atom. The van der Waals surface area contributed by atoms with E-state index in [2.05, 4.69) is 83.2 Å². The van der Waals surface area contributed by atoms with Gasteiger partial charge in [-0.25, -0.2) is 0 Å². The van der Waals surface area contributed by atoms with E-state index in [-0.39, 0.29) is 17.9 Å². The van der Waals surface area contributed by atoms with Gasteiger partial charge in [0, 0.05) is 29.1 Å². The van der Waals surface area contributed by atoms with Crippen molar-refractivity contribution in [3.8, 4) is 11.5 Å². The first-order valence-electron chi connectivity index (χ1n) is 13.2. The molecular weight excluding hydrogens is 456 g/mol. The summed E-state index contributed by atoms with van der Waals surface area (Å²) in [6.45, 7) is 6.21. The number of aromatic nitrogens is 1. The van der Waals surface area contributed by atoms with Crippen LogP contribution in [0.1, 0.15) is 24.5 Å². The number of pyridine rings is 1. The van der Waals surface area contributed by atoms with E-state index in [0.29, 0.717) is 11.8 Å². The molecule has 5 aromatic rings. The summed E-state index contributed by atoms with van der Waals surface area (Å²) in [5.74, 6) is 2.29. The van der Waals surface area contributed by atoms with E-state index in [1.54, 1.807) is 6.07 Å². The monoisotopic (exact) mass is 486 g/mol. The Morgan fingerprint density at radius 3 is 2.57 bits per heavy atom. The van der Waals surface area contributed by atoms with E-state index in [9.17, 15) is 5.11 Å². The van der Waals surface area contributed by atoms with Crippen LogP contribution in [-0.4, -0.2) is 34.1 Å². The van der Waals surface area contributed by atoms with E-state index in [0.717, 1.165) is 47.1 Å². The maximum absolute atomic E-state index is 10.4. The minimum Gasteiger partial charge on any atom is -0.508 e. The zero-order valence-corrected chi connectivity index (χ0v) is 20.8. The summed E-state index contributed by atoms with van der Waals surface area (Å²) in [6, 6.07) is 26.9. The molecule has 0 aliphatic carbocycles. The van der Waals surface area contributed by atoms with Gasteiger partial charge < -0.3 is 9.84 Å². The van der Waals surface area contributed by atoms with Gasteiger partial charge in [0.1, 0.15) is 17.6 Å². The van der Waals surface area contributed by atoms with E-state index in [1.165, 1.54) is 22.6 Å². The fourth-order valence-electron chi connectivity index (χ4n) is 6.70. The van der Waals surface area contributed by atoms with Gasteiger partial charge in [0.05, 0.1) is 11.6 Å². The van der Waals surface area contributed by atoms with Crippen molar-refractivity contribution in [1.82, 2.24) is 9.88 Å². The fourth-order valence-corrected chi connectivity index (χ4v) is 6.70. The average molecular weight is 487 g/mol. The maximum atomic E-state index is 10.4. The molecule has 5 atom stereocenters. The van der Waals surface area contributed by atoms with Gasteiger partial charge in [-0.3, -0.25) is 9.88 Å². The summed E-state index contributed by atoms with van der Waals surface area (Å²) in [7, 11) is 0. The molecule has 0 saturated carbocycles. The maximum Gasteiger partial charge on any atom is 0.140 e. The lowest BCUT2D eigenvalue weighted by atomic mass is 9.73. The van der Waals surface area contributed by atoms with Crippen molar-refractivity contribution in [1.29, 1.82) is 0 Å². The van der Waals surface area contributed by atoms with Crippen molar-refractivity contribution < 1.29 is 9.84 Å². The number of hydrogen-bond donors (Lipinski definition) is 1. The highest BCUT2D eigenvalue weighted by atomic mass is 16.5. The van der Waals surface area contributed by atoms with Crippen LogP contribution in [0.25, 0.3) is 32.4 Å². The Bertz CT molecular complexity index is 1640. The molecule has 4 heteroatoms. The van der Waals surface area contributed by atoms with Crippen LogP contribution in [0.4, 0.5) is 0 Å². The number of aromatic hydroxyl groups is 1. The van der Waals surface area contributed by atoms with Gasteiger partial charge in [-0.1, -0.05) is 54.6 Å². The third-order valence-electron chi connectivity index (χ3n) is 8.55. The number of nitrogens with zero attached hydrogens (tertiary/aromatic N) is 2. The van der Waals surface area contributed by atoms with Crippen LogP contribution in [0, 0.1) is 11.8 Å². The van der Waals surface area contributed by atoms with Gasteiger partial charge >= 0.3 is 0 Å². The minimum absolute atomic E-state index is 0.203. The highest BCUT2D eigenvalue weighted by Crippen LogP contribution is 2.45. The molecule has 184 valence electrons. The number of fused-ring (bicyclic) bond motifs is 7. The molecule has 3 fully saturated rings. The lowest BCUT2D eigenvalue weighted by Gasteiger charge is -2.51. The van der Waals surface area contributed by atoms with Crippen molar-refractivity contribution in [3.05, 3.63) is 103 Å². The second kappa shape index (κ2) is 8.89. The third kappa shape index (κ3) is 3.75. The third-order valence-corrected chi connectivity index (χ3v) is 8.55. The van der Waals surface area contributed by atoms with Crippen molar-refractivity contribution in [2.24, 2.45) is 11.8 Å². The van der Waals surface area contributed by atoms with Gasteiger partial charge in [-0.2, -0.15) is 0 Å². The van der Waals surface area contributed by atoms with Gasteiger partial charge in [0.2, 0.25) is 0 Å². The molecule has 1 N–H and O–H groups in total. The molecule has 8 rings (SSSR count). The molecule has 4 heterocycles. The van der Waals surface area contributed by atoms with Crippen LogP contribution < -0.4 is 4.74 Å². The second-order valence-electron chi connectivity index (χ2n) is 10.5. The molecule has 3 aliphatic rings. The normalized spacial score (nSPS) is 23.9. The lowest BCUT2D eigenvalue weighted by Crippen LogP contribution is -2.55. The fraction of sp³-hybridized carbons (Fsp3) is 0.242. The molecule has 1 unspecified atom stereocenters. The first kappa shape index (κ1) is 22.3. The first-order valence-corrected chi connectivity index (χ1v) is 13.2. The number of hydrogen-bond acceptors (Lipinski definition) is 4. The van der Waals surface area contributed by atoms with Gasteiger partial charge in [0.25, 0.3) is 0 Å². The molecule has 4 nitrogen and oxygen atoms in total. The number of phenolic OH excluding ortho intramolecular Hbond substituents is 1. The molecule has 2 bridgehead atoms. The topological polar surface area (TPSA) is 45.6 Å². The standard InChI is InChI=1S/C33H30N2O2/c1-2-21-20-35-16-14-22(21)17-31(35)33(28-13-15-34-30-12-11-24(36)19-29(28)30)37-32-18-23-7-3-4-8-25(23)26-9-5-6-10-27(26)32/h2-13,15,18-19,21-22,31,33,36H,1,14,16-17,20H2/t21-,22-,31+,33-/m1/s1. The number of phenols is 1. The number of benzene rings is 4. The smallest absolute Gasteiger partial charge is 0.140 e. The predicted molar refractivity (Wildman–Crippen MR) is 150 cm³/mol. The number of piperidine rings is 3. The van der Waals surface area contributed by atoms with E-state index in [4.69, 9.17) is 4.74 Å². The summed E-state index contributed by atoms with van der Waals surface area (Å²) >= 11 is 0. The van der Waals surface area contributed by atoms with Crippen LogP contribution >= 0.6 is 0 Å². The van der Waals surface area contributed by atoms with Crippen molar-refractivity contribution in [2.45, 2.75) is 25.0 Å². The first-order chi connectivity index (χ1) is 18.2. The SMILES string of the molecule is C=C[C@@H]1CN2CC[C@@H]1C[C@H]2[C@H](Oc1cc2ccccc2c2ccccc12)c1ccnc2ccc(O)cc12.